The van der Waals surface area contributed by atoms with Gasteiger partial charge in [-0.15, -0.1) is 0 Å². The van der Waals surface area contributed by atoms with Gasteiger partial charge in [-0.25, -0.2) is 4.79 Å². The largest absolute Gasteiger partial charge is 0.478 e. The predicted molar refractivity (Wildman–Crippen MR) is 106 cm³/mol. The number of anilines is 2. The molecule has 4 nitrogen and oxygen atoms in total. The van der Waals surface area contributed by atoms with Crippen molar-refractivity contribution in [3.05, 3.63) is 95.6 Å². The molecule has 0 bridgehead atoms. The van der Waals surface area contributed by atoms with E-state index in [1.807, 2.05) is 6.07 Å². The second kappa shape index (κ2) is 8.21. The van der Waals surface area contributed by atoms with Crippen LogP contribution in [0.2, 0.25) is 0 Å². The Balaban J connectivity index is 1.62. The fourth-order valence-electron chi connectivity index (χ4n) is 2.79. The van der Waals surface area contributed by atoms with Gasteiger partial charge < -0.3 is 15.3 Å². The normalized spacial score (nSPS) is 10.3. The third-order valence-electron chi connectivity index (χ3n) is 4.24. The molecule has 3 aromatic rings. The highest BCUT2D eigenvalue weighted by molar-refractivity contribution is 5.88. The molecule has 26 heavy (non-hydrogen) atoms. The van der Waals surface area contributed by atoms with Gasteiger partial charge in [-0.05, 0) is 47.5 Å². The maximum Gasteiger partial charge on any atom is 0.335 e. The van der Waals surface area contributed by atoms with E-state index in [0.29, 0.717) is 12.1 Å². The Kier molecular flexibility index (Phi) is 5.54. The molecule has 0 saturated heterocycles. The van der Waals surface area contributed by atoms with Crippen LogP contribution in [-0.4, -0.2) is 18.1 Å². The summed E-state index contributed by atoms with van der Waals surface area (Å²) >= 11 is 0. The molecule has 0 heterocycles. The highest BCUT2D eigenvalue weighted by atomic mass is 16.4. The van der Waals surface area contributed by atoms with Crippen molar-refractivity contribution in [3.63, 3.8) is 0 Å². The van der Waals surface area contributed by atoms with Gasteiger partial charge in [-0.1, -0.05) is 42.5 Å². The number of hydrogen-bond acceptors (Lipinski definition) is 3. The molecular weight excluding hydrogens is 324 g/mol. The van der Waals surface area contributed by atoms with Crippen LogP contribution in [0.3, 0.4) is 0 Å². The number of nitrogens with zero attached hydrogens (tertiary/aromatic N) is 1. The Hall–Kier alpha value is -3.27. The van der Waals surface area contributed by atoms with Crippen LogP contribution in [0.25, 0.3) is 0 Å². The van der Waals surface area contributed by atoms with E-state index in [4.69, 9.17) is 5.11 Å². The zero-order valence-electron chi connectivity index (χ0n) is 14.7. The smallest absolute Gasteiger partial charge is 0.335 e. The zero-order valence-corrected chi connectivity index (χ0v) is 14.7. The van der Waals surface area contributed by atoms with E-state index in [-0.39, 0.29) is 0 Å². The predicted octanol–water partition coefficient (Wildman–Crippen LogP) is 4.63. The van der Waals surface area contributed by atoms with Crippen LogP contribution in [0.5, 0.6) is 0 Å². The van der Waals surface area contributed by atoms with Gasteiger partial charge in [0.05, 0.1) is 5.56 Å². The molecule has 3 aromatic carbocycles. The van der Waals surface area contributed by atoms with Crippen molar-refractivity contribution in [1.29, 1.82) is 0 Å². The molecule has 0 spiro atoms. The van der Waals surface area contributed by atoms with E-state index >= 15 is 0 Å². The minimum atomic E-state index is -0.911. The molecule has 4 heteroatoms. The number of carboxylic acid groups (broad SMARTS) is 1. The first-order chi connectivity index (χ1) is 12.6. The van der Waals surface area contributed by atoms with E-state index in [2.05, 4.69) is 65.8 Å². The van der Waals surface area contributed by atoms with Gasteiger partial charge in [0.25, 0.3) is 0 Å². The van der Waals surface area contributed by atoms with Crippen LogP contribution < -0.4 is 10.2 Å². The Labute approximate surface area is 153 Å². The molecule has 0 atom stereocenters. The minimum absolute atomic E-state index is 0.292. The minimum Gasteiger partial charge on any atom is -0.478 e. The van der Waals surface area contributed by atoms with Crippen LogP contribution in [0.1, 0.15) is 21.5 Å². The van der Waals surface area contributed by atoms with Gasteiger partial charge in [0, 0.05) is 31.5 Å². The fraction of sp³-hybridized carbons (Fsp3) is 0.136. The number of carboxylic acids is 1. The maximum atomic E-state index is 10.9. The average molecular weight is 346 g/mol. The van der Waals surface area contributed by atoms with Crippen molar-refractivity contribution in [2.45, 2.75) is 13.1 Å². The lowest BCUT2D eigenvalue weighted by Crippen LogP contribution is -2.16. The Bertz CT molecular complexity index is 861. The van der Waals surface area contributed by atoms with Gasteiger partial charge in [0.15, 0.2) is 0 Å². The first-order valence-electron chi connectivity index (χ1n) is 8.53. The lowest BCUT2D eigenvalue weighted by atomic mass is 10.1. The number of hydrogen-bond donors (Lipinski definition) is 2. The summed E-state index contributed by atoms with van der Waals surface area (Å²) in [5.74, 6) is -0.911. The van der Waals surface area contributed by atoms with Crippen LogP contribution >= 0.6 is 0 Å². The summed E-state index contributed by atoms with van der Waals surface area (Å²) in [6.45, 7) is 1.54. The number of benzene rings is 3. The summed E-state index contributed by atoms with van der Waals surface area (Å²) in [6.07, 6.45) is 0. The van der Waals surface area contributed by atoms with Crippen molar-refractivity contribution in [2.24, 2.45) is 0 Å². The summed E-state index contributed by atoms with van der Waals surface area (Å²) in [7, 11) is 2.09. The number of carbonyl (C=O) groups is 1. The molecule has 0 aliphatic carbocycles. The molecule has 132 valence electrons. The lowest BCUT2D eigenvalue weighted by molar-refractivity contribution is 0.0697. The summed E-state index contributed by atoms with van der Waals surface area (Å²) in [4.78, 5) is 13.1. The van der Waals surface area contributed by atoms with Gasteiger partial charge in [-0.2, -0.15) is 0 Å². The van der Waals surface area contributed by atoms with Crippen LogP contribution in [0.15, 0.2) is 78.9 Å². The summed E-state index contributed by atoms with van der Waals surface area (Å²) in [5.41, 5.74) is 4.80. The van der Waals surface area contributed by atoms with Gasteiger partial charge in [0.1, 0.15) is 0 Å². The molecule has 0 fully saturated rings. The molecule has 0 aliphatic heterocycles. The number of rotatable bonds is 7. The molecule has 2 N–H and O–H groups in total. The number of aromatic carboxylic acids is 1. The lowest BCUT2D eigenvalue weighted by Gasteiger charge is -2.20. The standard InChI is InChI=1S/C22H22N2O2/c1-24(16-17-6-3-2-4-7-17)21-9-5-8-18(14-21)15-23-20-12-10-19(11-13-20)22(25)26/h2-14,23H,15-16H2,1H3,(H,25,26). The first-order valence-corrected chi connectivity index (χ1v) is 8.53. The van der Waals surface area contributed by atoms with Crippen LogP contribution in [0.4, 0.5) is 11.4 Å². The van der Waals surface area contributed by atoms with Crippen LogP contribution in [-0.2, 0) is 13.1 Å². The van der Waals surface area contributed by atoms with Crippen molar-refractivity contribution >= 4 is 17.3 Å². The van der Waals surface area contributed by atoms with E-state index in [9.17, 15) is 4.79 Å². The summed E-state index contributed by atoms with van der Waals surface area (Å²) < 4.78 is 0. The second-order valence-corrected chi connectivity index (χ2v) is 6.25. The zero-order chi connectivity index (χ0) is 18.4. The van der Waals surface area contributed by atoms with Crippen LogP contribution in [0, 0.1) is 0 Å². The van der Waals surface area contributed by atoms with E-state index in [1.54, 1.807) is 24.3 Å². The van der Waals surface area contributed by atoms with E-state index < -0.39 is 5.97 Å². The monoisotopic (exact) mass is 346 g/mol. The average Bonchev–Trinajstić information content (AvgIpc) is 2.67. The molecule has 0 aromatic heterocycles. The van der Waals surface area contributed by atoms with Crippen molar-refractivity contribution in [3.8, 4) is 0 Å². The fourth-order valence-corrected chi connectivity index (χ4v) is 2.79. The second-order valence-electron chi connectivity index (χ2n) is 6.25. The third kappa shape index (κ3) is 4.63. The molecule has 0 unspecified atom stereocenters. The summed E-state index contributed by atoms with van der Waals surface area (Å²) in [5, 5.41) is 12.3. The molecule has 3 rings (SSSR count). The summed E-state index contributed by atoms with van der Waals surface area (Å²) in [6, 6.07) is 25.6. The Morgan fingerprint density at radius 1 is 0.923 bits per heavy atom. The molecule has 0 aliphatic rings. The molecule has 0 saturated carbocycles. The molecule has 0 amide bonds. The number of nitrogens with one attached hydrogen (secondary N) is 1. The van der Waals surface area contributed by atoms with Gasteiger partial charge >= 0.3 is 5.97 Å². The topological polar surface area (TPSA) is 52.6 Å². The molecular formula is C22H22N2O2. The van der Waals surface area contributed by atoms with Crippen molar-refractivity contribution in [2.75, 3.05) is 17.3 Å². The quantitative estimate of drug-likeness (QED) is 0.655. The van der Waals surface area contributed by atoms with Crippen molar-refractivity contribution in [1.82, 2.24) is 0 Å². The highest BCUT2D eigenvalue weighted by Crippen LogP contribution is 2.18. The van der Waals surface area contributed by atoms with Gasteiger partial charge in [0.2, 0.25) is 0 Å². The maximum absolute atomic E-state index is 10.9. The SMILES string of the molecule is CN(Cc1ccccc1)c1cccc(CNc2ccc(C(=O)O)cc2)c1. The Morgan fingerprint density at radius 2 is 1.62 bits per heavy atom. The molecule has 0 radical (unpaired) electrons. The van der Waals surface area contributed by atoms with Gasteiger partial charge in [-0.3, -0.25) is 0 Å². The van der Waals surface area contributed by atoms with Crippen molar-refractivity contribution < 1.29 is 9.90 Å². The third-order valence-corrected chi connectivity index (χ3v) is 4.24. The van der Waals surface area contributed by atoms with E-state index in [0.717, 1.165) is 17.9 Å². The first kappa shape index (κ1) is 17.5. The Morgan fingerprint density at radius 3 is 2.31 bits per heavy atom. The van der Waals surface area contributed by atoms with E-state index in [1.165, 1.54) is 11.1 Å². The highest BCUT2D eigenvalue weighted by Gasteiger charge is 2.04.